The topological polar surface area (TPSA) is 171 Å². The molecule has 29 heavy (non-hydrogen) atoms. The molecule has 1 aromatic rings. The molecule has 0 aliphatic heterocycles. The lowest BCUT2D eigenvalue weighted by atomic mass is 9.77. The highest BCUT2D eigenvalue weighted by atomic mass is 16.5. The van der Waals surface area contributed by atoms with E-state index >= 15 is 0 Å². The van der Waals surface area contributed by atoms with Crippen LogP contribution in [0.25, 0.3) is 0 Å². The molecular weight excluding hydrogens is 382 g/mol. The van der Waals surface area contributed by atoms with Crippen LogP contribution in [-0.2, 0) is 20.8 Å². The number of carbonyl (C=O) groups excluding carboxylic acids is 3. The summed E-state index contributed by atoms with van der Waals surface area (Å²) in [4.78, 5) is 35.9. The van der Waals surface area contributed by atoms with Gasteiger partial charge in [-0.05, 0) is 17.7 Å². The van der Waals surface area contributed by atoms with Crippen molar-refractivity contribution in [1.29, 1.82) is 0 Å². The quantitative estimate of drug-likeness (QED) is 0.301. The molecule has 160 valence electrons. The Kier molecular flexibility index (Phi) is 7.17. The van der Waals surface area contributed by atoms with E-state index < -0.39 is 54.0 Å². The fourth-order valence-corrected chi connectivity index (χ4v) is 3.40. The molecule has 5 atom stereocenters. The van der Waals surface area contributed by atoms with Crippen LogP contribution < -0.4 is 21.1 Å². The molecule has 3 amide bonds. The predicted octanol–water partition coefficient (Wildman–Crippen LogP) is -2.04. The van der Waals surface area contributed by atoms with Crippen molar-refractivity contribution in [1.82, 2.24) is 10.6 Å². The summed E-state index contributed by atoms with van der Waals surface area (Å²) in [6.45, 7) is 1.21. The molecule has 0 heterocycles. The van der Waals surface area contributed by atoms with E-state index in [-0.39, 0.29) is 12.8 Å². The number of nitrogens with two attached hydrogens (primary N) is 1. The van der Waals surface area contributed by atoms with E-state index in [1.54, 1.807) is 24.3 Å². The van der Waals surface area contributed by atoms with E-state index in [0.717, 1.165) is 0 Å². The molecule has 0 spiro atoms. The highest BCUT2D eigenvalue weighted by Gasteiger charge is 2.49. The number of carbonyl (C=O) groups is 3. The Labute approximate surface area is 168 Å². The lowest BCUT2D eigenvalue weighted by molar-refractivity contribution is -0.160. The minimum absolute atomic E-state index is 0.0848. The van der Waals surface area contributed by atoms with E-state index in [2.05, 4.69) is 10.6 Å². The monoisotopic (exact) mass is 409 g/mol. The summed E-state index contributed by atoms with van der Waals surface area (Å²) in [5, 5.41) is 35.6. The van der Waals surface area contributed by atoms with Gasteiger partial charge >= 0.3 is 0 Å². The molecule has 0 aromatic heterocycles. The van der Waals surface area contributed by atoms with E-state index in [1.165, 1.54) is 14.0 Å². The first-order chi connectivity index (χ1) is 13.6. The van der Waals surface area contributed by atoms with Crippen molar-refractivity contribution in [2.75, 3.05) is 7.11 Å². The van der Waals surface area contributed by atoms with Crippen molar-refractivity contribution >= 4 is 17.7 Å². The van der Waals surface area contributed by atoms with Crippen molar-refractivity contribution in [2.45, 2.75) is 56.1 Å². The minimum atomic E-state index is -2.10. The molecule has 1 aromatic carbocycles. The van der Waals surface area contributed by atoms with Crippen LogP contribution in [0.4, 0.5) is 0 Å². The number of methoxy groups -OCH3 is 1. The van der Waals surface area contributed by atoms with Crippen LogP contribution in [0.5, 0.6) is 5.75 Å². The molecule has 1 aliphatic rings. The maximum atomic E-state index is 12.7. The maximum absolute atomic E-state index is 12.7. The third-order valence-electron chi connectivity index (χ3n) is 4.97. The second-order valence-electron chi connectivity index (χ2n) is 7.29. The number of primary amides is 1. The van der Waals surface area contributed by atoms with Gasteiger partial charge in [-0.3, -0.25) is 14.4 Å². The summed E-state index contributed by atoms with van der Waals surface area (Å²) in [6.07, 6.45) is -3.47. The first-order valence-electron chi connectivity index (χ1n) is 9.14. The van der Waals surface area contributed by atoms with Crippen molar-refractivity contribution in [3.63, 3.8) is 0 Å². The van der Waals surface area contributed by atoms with Crippen LogP contribution in [-0.4, -0.2) is 70.0 Å². The zero-order valence-corrected chi connectivity index (χ0v) is 16.3. The molecule has 2 rings (SSSR count). The summed E-state index contributed by atoms with van der Waals surface area (Å²) in [7, 11) is 1.52. The second-order valence-corrected chi connectivity index (χ2v) is 7.29. The third-order valence-corrected chi connectivity index (χ3v) is 4.97. The van der Waals surface area contributed by atoms with Gasteiger partial charge in [0.2, 0.25) is 11.8 Å². The van der Waals surface area contributed by atoms with Gasteiger partial charge in [0.05, 0.1) is 19.3 Å². The largest absolute Gasteiger partial charge is 0.497 e. The summed E-state index contributed by atoms with van der Waals surface area (Å²) in [5.41, 5.74) is 4.01. The lowest BCUT2D eigenvalue weighted by Gasteiger charge is -2.41. The Balaban J connectivity index is 2.12. The molecular formula is C19H27N3O7. The number of hydrogen-bond acceptors (Lipinski definition) is 7. The Hall–Kier alpha value is -2.69. The van der Waals surface area contributed by atoms with Gasteiger partial charge in [-0.15, -0.1) is 0 Å². The second kappa shape index (κ2) is 9.21. The Morgan fingerprint density at radius 2 is 1.86 bits per heavy atom. The van der Waals surface area contributed by atoms with Gasteiger partial charge in [0.1, 0.15) is 23.5 Å². The SMILES string of the molecule is COc1ccc(CC(NC(=O)C2(O)CC(O)C(O)C(NC(C)=O)C2)C(N)=O)cc1. The van der Waals surface area contributed by atoms with Gasteiger partial charge < -0.3 is 36.4 Å². The van der Waals surface area contributed by atoms with Gasteiger partial charge in [-0.2, -0.15) is 0 Å². The van der Waals surface area contributed by atoms with Crippen molar-refractivity contribution in [3.8, 4) is 5.75 Å². The predicted molar refractivity (Wildman–Crippen MR) is 102 cm³/mol. The Morgan fingerprint density at radius 3 is 2.38 bits per heavy atom. The average molecular weight is 409 g/mol. The fourth-order valence-electron chi connectivity index (χ4n) is 3.40. The van der Waals surface area contributed by atoms with Crippen LogP contribution in [0.2, 0.25) is 0 Å². The molecule has 0 radical (unpaired) electrons. The highest BCUT2D eigenvalue weighted by Crippen LogP contribution is 2.30. The lowest BCUT2D eigenvalue weighted by Crippen LogP contribution is -2.64. The fraction of sp³-hybridized carbons (Fsp3) is 0.526. The van der Waals surface area contributed by atoms with Crippen molar-refractivity contribution in [2.24, 2.45) is 5.73 Å². The van der Waals surface area contributed by atoms with Gasteiger partial charge in [-0.1, -0.05) is 12.1 Å². The van der Waals surface area contributed by atoms with Crippen LogP contribution in [0.3, 0.4) is 0 Å². The molecule has 10 nitrogen and oxygen atoms in total. The zero-order valence-electron chi connectivity index (χ0n) is 16.3. The number of amides is 3. The van der Waals surface area contributed by atoms with Gasteiger partial charge in [-0.25, -0.2) is 0 Å². The summed E-state index contributed by atoms with van der Waals surface area (Å²) in [5.74, 6) is -1.58. The maximum Gasteiger partial charge on any atom is 0.252 e. The van der Waals surface area contributed by atoms with E-state index in [1.807, 2.05) is 0 Å². The number of hydrogen-bond donors (Lipinski definition) is 6. The normalized spacial score (nSPS) is 27.6. The summed E-state index contributed by atoms with van der Waals surface area (Å²) >= 11 is 0. The van der Waals surface area contributed by atoms with Gasteiger partial charge in [0, 0.05) is 26.2 Å². The standard InChI is InChI=1S/C19H27N3O7/c1-10(23)21-14-8-19(28,9-15(24)16(14)25)18(27)22-13(17(20)26)7-11-3-5-12(29-2)6-4-11/h3-6,13-16,24-25,28H,7-9H2,1-2H3,(H2,20,26)(H,21,23)(H,22,27). The number of aliphatic hydroxyl groups is 3. The first kappa shape index (κ1) is 22.6. The highest BCUT2D eigenvalue weighted by molar-refractivity contribution is 5.91. The Morgan fingerprint density at radius 1 is 1.24 bits per heavy atom. The number of nitrogens with one attached hydrogen (secondary N) is 2. The number of benzene rings is 1. The van der Waals surface area contributed by atoms with Crippen LogP contribution >= 0.6 is 0 Å². The summed E-state index contributed by atoms with van der Waals surface area (Å²) in [6, 6.07) is 4.68. The first-order valence-corrected chi connectivity index (χ1v) is 9.14. The number of aliphatic hydroxyl groups excluding tert-OH is 2. The molecule has 0 bridgehead atoms. The third kappa shape index (κ3) is 5.66. The molecule has 7 N–H and O–H groups in total. The van der Waals surface area contributed by atoms with E-state index in [4.69, 9.17) is 10.5 Å². The number of rotatable bonds is 7. The van der Waals surface area contributed by atoms with E-state index in [0.29, 0.717) is 11.3 Å². The van der Waals surface area contributed by atoms with Gasteiger partial charge in [0.15, 0.2) is 0 Å². The molecule has 1 saturated carbocycles. The van der Waals surface area contributed by atoms with Crippen LogP contribution in [0.1, 0.15) is 25.3 Å². The smallest absolute Gasteiger partial charge is 0.252 e. The van der Waals surface area contributed by atoms with Crippen LogP contribution in [0, 0.1) is 0 Å². The molecule has 1 fully saturated rings. The average Bonchev–Trinajstić information content (AvgIpc) is 2.65. The van der Waals surface area contributed by atoms with Crippen LogP contribution in [0.15, 0.2) is 24.3 Å². The van der Waals surface area contributed by atoms with Crippen molar-refractivity contribution < 1.29 is 34.4 Å². The summed E-state index contributed by atoms with van der Waals surface area (Å²) < 4.78 is 5.07. The van der Waals surface area contributed by atoms with E-state index in [9.17, 15) is 29.7 Å². The molecule has 10 heteroatoms. The molecule has 0 saturated heterocycles. The molecule has 5 unspecified atom stereocenters. The van der Waals surface area contributed by atoms with Crippen molar-refractivity contribution in [3.05, 3.63) is 29.8 Å². The zero-order chi connectivity index (χ0) is 21.8. The minimum Gasteiger partial charge on any atom is -0.497 e. The molecule has 1 aliphatic carbocycles. The number of ether oxygens (including phenoxy) is 1. The Bertz CT molecular complexity index is 755. The van der Waals surface area contributed by atoms with Gasteiger partial charge in [0.25, 0.3) is 5.91 Å².